The summed E-state index contributed by atoms with van der Waals surface area (Å²) >= 11 is 0. The minimum absolute atomic E-state index is 0.0688. The Kier molecular flexibility index (Phi) is 3.30. The molecular formula is C13H8FN3O. The second kappa shape index (κ2) is 5.06. The van der Waals surface area contributed by atoms with Crippen molar-refractivity contribution in [1.82, 2.24) is 4.98 Å². The lowest BCUT2D eigenvalue weighted by Gasteiger charge is -2.06. The Bertz CT molecular complexity index is 620. The third-order valence-corrected chi connectivity index (χ3v) is 2.25. The van der Waals surface area contributed by atoms with Gasteiger partial charge in [0.15, 0.2) is 0 Å². The second-order valence-electron chi connectivity index (χ2n) is 3.47. The van der Waals surface area contributed by atoms with Gasteiger partial charge < -0.3 is 5.32 Å². The summed E-state index contributed by atoms with van der Waals surface area (Å²) in [5, 5.41) is 11.4. The fourth-order valence-electron chi connectivity index (χ4n) is 1.40. The van der Waals surface area contributed by atoms with E-state index in [1.165, 1.54) is 18.3 Å². The number of carbonyl (C=O) groups is 1. The molecule has 0 bridgehead atoms. The van der Waals surface area contributed by atoms with Gasteiger partial charge in [0.2, 0.25) is 0 Å². The fourth-order valence-corrected chi connectivity index (χ4v) is 1.40. The molecule has 0 aliphatic carbocycles. The lowest BCUT2D eigenvalue weighted by molar-refractivity contribution is 0.102. The van der Waals surface area contributed by atoms with Gasteiger partial charge in [0.25, 0.3) is 5.91 Å². The molecule has 0 radical (unpaired) electrons. The van der Waals surface area contributed by atoms with Gasteiger partial charge in [0, 0.05) is 6.20 Å². The highest BCUT2D eigenvalue weighted by atomic mass is 19.1. The van der Waals surface area contributed by atoms with Crippen LogP contribution in [0.3, 0.4) is 0 Å². The average Bonchev–Trinajstić information content (AvgIpc) is 2.41. The Morgan fingerprint density at radius 1 is 1.33 bits per heavy atom. The zero-order valence-corrected chi connectivity index (χ0v) is 9.22. The van der Waals surface area contributed by atoms with Gasteiger partial charge in [-0.25, -0.2) is 4.39 Å². The first-order valence-electron chi connectivity index (χ1n) is 5.13. The van der Waals surface area contributed by atoms with Crippen LogP contribution < -0.4 is 5.32 Å². The number of benzene rings is 1. The van der Waals surface area contributed by atoms with E-state index in [-0.39, 0.29) is 16.9 Å². The minimum atomic E-state index is -0.526. The molecule has 1 aromatic carbocycles. The number of hydrogen-bond donors (Lipinski definition) is 1. The number of amides is 1. The van der Waals surface area contributed by atoms with Gasteiger partial charge >= 0.3 is 0 Å². The van der Waals surface area contributed by atoms with E-state index in [0.717, 1.165) is 6.07 Å². The van der Waals surface area contributed by atoms with Gasteiger partial charge in [-0.1, -0.05) is 6.07 Å². The van der Waals surface area contributed by atoms with Crippen LogP contribution in [0.1, 0.15) is 16.1 Å². The number of pyridine rings is 1. The van der Waals surface area contributed by atoms with Gasteiger partial charge in [0.1, 0.15) is 17.6 Å². The first kappa shape index (κ1) is 11.7. The van der Waals surface area contributed by atoms with E-state index in [2.05, 4.69) is 10.3 Å². The summed E-state index contributed by atoms with van der Waals surface area (Å²) in [6.07, 6.45) is 1.49. The topological polar surface area (TPSA) is 65.8 Å². The van der Waals surface area contributed by atoms with Crippen molar-refractivity contribution < 1.29 is 9.18 Å². The summed E-state index contributed by atoms with van der Waals surface area (Å²) in [4.78, 5) is 15.7. The molecule has 0 unspecified atom stereocenters. The number of nitrogens with zero attached hydrogens (tertiary/aromatic N) is 2. The molecule has 5 heteroatoms. The second-order valence-corrected chi connectivity index (χ2v) is 3.47. The Balaban J connectivity index is 2.25. The molecular weight excluding hydrogens is 233 g/mol. The first-order chi connectivity index (χ1) is 8.70. The van der Waals surface area contributed by atoms with E-state index in [1.54, 1.807) is 18.2 Å². The van der Waals surface area contributed by atoms with Gasteiger partial charge in [-0.05, 0) is 30.3 Å². The van der Waals surface area contributed by atoms with Crippen LogP contribution in [-0.4, -0.2) is 10.9 Å². The van der Waals surface area contributed by atoms with Gasteiger partial charge in [0.05, 0.1) is 11.3 Å². The SMILES string of the molecule is N#Cc1cc(F)ccc1NC(=O)c1ccccn1. The largest absolute Gasteiger partial charge is 0.319 e. The van der Waals surface area contributed by atoms with Crippen LogP contribution in [0.5, 0.6) is 0 Å². The third kappa shape index (κ3) is 2.50. The van der Waals surface area contributed by atoms with Crippen molar-refractivity contribution in [3.63, 3.8) is 0 Å². The third-order valence-electron chi connectivity index (χ3n) is 2.25. The predicted octanol–water partition coefficient (Wildman–Crippen LogP) is 2.34. The molecule has 1 aromatic heterocycles. The van der Waals surface area contributed by atoms with Crippen LogP contribution in [0.15, 0.2) is 42.6 Å². The van der Waals surface area contributed by atoms with Crippen LogP contribution in [0.25, 0.3) is 0 Å². The van der Waals surface area contributed by atoms with Crippen LogP contribution >= 0.6 is 0 Å². The van der Waals surface area contributed by atoms with E-state index in [1.807, 2.05) is 6.07 Å². The molecule has 0 saturated heterocycles. The number of carbonyl (C=O) groups excluding carboxylic acids is 1. The van der Waals surface area contributed by atoms with Crippen molar-refractivity contribution in [2.75, 3.05) is 5.32 Å². The maximum Gasteiger partial charge on any atom is 0.274 e. The Labute approximate surface area is 103 Å². The van der Waals surface area contributed by atoms with Crippen LogP contribution in [0, 0.1) is 17.1 Å². The number of nitrogens with one attached hydrogen (secondary N) is 1. The molecule has 1 heterocycles. The standard InChI is InChI=1S/C13H8FN3O/c14-10-4-5-11(9(7-10)8-15)17-13(18)12-3-1-2-6-16-12/h1-7H,(H,17,18). The lowest BCUT2D eigenvalue weighted by atomic mass is 10.2. The number of hydrogen-bond acceptors (Lipinski definition) is 3. The molecule has 0 aliphatic heterocycles. The van der Waals surface area contributed by atoms with Crippen molar-refractivity contribution >= 4 is 11.6 Å². The zero-order chi connectivity index (χ0) is 13.0. The molecule has 0 atom stereocenters. The quantitative estimate of drug-likeness (QED) is 0.877. The van der Waals surface area contributed by atoms with Crippen LogP contribution in [0.4, 0.5) is 10.1 Å². The average molecular weight is 241 g/mol. The summed E-state index contributed by atoms with van der Waals surface area (Å²) in [7, 11) is 0. The maximum absolute atomic E-state index is 12.9. The van der Waals surface area contributed by atoms with E-state index >= 15 is 0 Å². The molecule has 1 N–H and O–H groups in total. The zero-order valence-electron chi connectivity index (χ0n) is 9.22. The Hall–Kier alpha value is -2.74. The first-order valence-corrected chi connectivity index (χ1v) is 5.13. The molecule has 18 heavy (non-hydrogen) atoms. The molecule has 2 rings (SSSR count). The van der Waals surface area contributed by atoms with E-state index in [0.29, 0.717) is 0 Å². The highest BCUT2D eigenvalue weighted by Gasteiger charge is 2.10. The highest BCUT2D eigenvalue weighted by Crippen LogP contribution is 2.16. The van der Waals surface area contributed by atoms with Crippen LogP contribution in [0.2, 0.25) is 0 Å². The molecule has 0 fully saturated rings. The smallest absolute Gasteiger partial charge is 0.274 e. The number of anilines is 1. The number of halogens is 1. The lowest BCUT2D eigenvalue weighted by Crippen LogP contribution is -2.14. The molecule has 4 nitrogen and oxygen atoms in total. The molecule has 0 saturated carbocycles. The molecule has 2 aromatic rings. The molecule has 1 amide bonds. The molecule has 88 valence electrons. The summed E-state index contributed by atoms with van der Waals surface area (Å²) in [5.74, 6) is -0.971. The maximum atomic E-state index is 12.9. The van der Waals surface area contributed by atoms with Gasteiger partial charge in [-0.15, -0.1) is 0 Å². The number of aromatic nitrogens is 1. The summed E-state index contributed by atoms with van der Waals surface area (Å²) in [6.45, 7) is 0. The molecule has 0 spiro atoms. The van der Waals surface area contributed by atoms with Crippen molar-refractivity contribution in [3.05, 3.63) is 59.7 Å². The monoisotopic (exact) mass is 241 g/mol. The van der Waals surface area contributed by atoms with Crippen molar-refractivity contribution in [2.45, 2.75) is 0 Å². The summed E-state index contributed by atoms with van der Waals surface area (Å²) in [5.41, 5.74) is 0.555. The molecule has 0 aliphatic rings. The van der Waals surface area contributed by atoms with E-state index in [9.17, 15) is 9.18 Å². The van der Waals surface area contributed by atoms with Crippen molar-refractivity contribution in [2.24, 2.45) is 0 Å². The van der Waals surface area contributed by atoms with Crippen molar-refractivity contribution in [3.8, 4) is 6.07 Å². The fraction of sp³-hybridized carbons (Fsp3) is 0. The van der Waals surface area contributed by atoms with E-state index < -0.39 is 11.7 Å². The Morgan fingerprint density at radius 3 is 2.83 bits per heavy atom. The summed E-state index contributed by atoms with van der Waals surface area (Å²) < 4.78 is 12.9. The van der Waals surface area contributed by atoms with Gasteiger partial charge in [-0.3, -0.25) is 9.78 Å². The normalized spacial score (nSPS) is 9.56. The number of nitriles is 1. The van der Waals surface area contributed by atoms with Crippen molar-refractivity contribution in [1.29, 1.82) is 5.26 Å². The minimum Gasteiger partial charge on any atom is -0.319 e. The Morgan fingerprint density at radius 2 is 2.17 bits per heavy atom. The predicted molar refractivity (Wildman–Crippen MR) is 63.3 cm³/mol. The number of rotatable bonds is 2. The summed E-state index contributed by atoms with van der Waals surface area (Å²) in [6, 6.07) is 10.3. The van der Waals surface area contributed by atoms with E-state index in [4.69, 9.17) is 5.26 Å². The van der Waals surface area contributed by atoms with Crippen LogP contribution in [-0.2, 0) is 0 Å². The van der Waals surface area contributed by atoms with Gasteiger partial charge in [-0.2, -0.15) is 5.26 Å². The highest BCUT2D eigenvalue weighted by molar-refractivity contribution is 6.03.